The smallest absolute Gasteiger partial charge is 0.227 e. The van der Waals surface area contributed by atoms with Gasteiger partial charge in [0.2, 0.25) is 5.91 Å². The molecule has 0 bridgehead atoms. The Labute approximate surface area is 128 Å². The molecule has 1 aliphatic rings. The second-order valence-corrected chi connectivity index (χ2v) is 6.20. The van der Waals surface area contributed by atoms with E-state index in [1.807, 2.05) is 25.2 Å². The molecule has 0 saturated carbocycles. The number of hydrogen-bond acceptors (Lipinski definition) is 3. The molecule has 5 heteroatoms. The molecule has 0 spiro atoms. The fourth-order valence-corrected chi connectivity index (χ4v) is 3.09. The maximum absolute atomic E-state index is 12.5. The van der Waals surface area contributed by atoms with E-state index in [1.54, 1.807) is 12.0 Å². The summed E-state index contributed by atoms with van der Waals surface area (Å²) in [6.45, 7) is 3.55. The van der Waals surface area contributed by atoms with Crippen molar-refractivity contribution in [3.8, 4) is 5.75 Å². The van der Waals surface area contributed by atoms with Crippen LogP contribution in [0.15, 0.2) is 22.7 Å². The van der Waals surface area contributed by atoms with Crippen LogP contribution in [0, 0.1) is 5.92 Å². The molecule has 1 aromatic carbocycles. The molecule has 1 heterocycles. The van der Waals surface area contributed by atoms with Crippen molar-refractivity contribution in [2.45, 2.75) is 25.9 Å². The van der Waals surface area contributed by atoms with Crippen LogP contribution in [0.25, 0.3) is 0 Å². The topological polar surface area (TPSA) is 41.6 Å². The number of nitrogens with zero attached hydrogens (tertiary/aromatic N) is 1. The first-order valence-electron chi connectivity index (χ1n) is 6.83. The highest BCUT2D eigenvalue weighted by Crippen LogP contribution is 2.25. The van der Waals surface area contributed by atoms with E-state index in [2.05, 4.69) is 28.2 Å². The Morgan fingerprint density at radius 2 is 2.30 bits per heavy atom. The molecule has 2 rings (SSSR count). The van der Waals surface area contributed by atoms with Gasteiger partial charge >= 0.3 is 0 Å². The summed E-state index contributed by atoms with van der Waals surface area (Å²) in [5, 5.41) is 3.32. The first-order chi connectivity index (χ1) is 9.52. The van der Waals surface area contributed by atoms with Gasteiger partial charge in [0.25, 0.3) is 0 Å². The summed E-state index contributed by atoms with van der Waals surface area (Å²) in [5.74, 6) is 1.09. The number of ether oxygens (including phenoxy) is 1. The molecule has 0 aliphatic carbocycles. The lowest BCUT2D eigenvalue weighted by molar-refractivity contribution is -0.134. The summed E-state index contributed by atoms with van der Waals surface area (Å²) in [7, 11) is 3.51. The molecule has 1 amide bonds. The van der Waals surface area contributed by atoms with Crippen LogP contribution in [0.1, 0.15) is 18.9 Å². The highest BCUT2D eigenvalue weighted by atomic mass is 79.9. The molecule has 1 N–H and O–H groups in total. The third-order valence-corrected chi connectivity index (χ3v) is 4.36. The quantitative estimate of drug-likeness (QED) is 0.915. The predicted molar refractivity (Wildman–Crippen MR) is 82.7 cm³/mol. The van der Waals surface area contributed by atoms with Gasteiger partial charge in [0.1, 0.15) is 5.75 Å². The minimum Gasteiger partial charge on any atom is -0.496 e. The molecule has 2 atom stereocenters. The Morgan fingerprint density at radius 3 is 2.90 bits per heavy atom. The molecule has 2 unspecified atom stereocenters. The molecule has 1 aromatic rings. The van der Waals surface area contributed by atoms with Crippen LogP contribution in [-0.2, 0) is 11.3 Å². The highest BCUT2D eigenvalue weighted by molar-refractivity contribution is 9.10. The van der Waals surface area contributed by atoms with E-state index in [4.69, 9.17) is 4.74 Å². The minimum absolute atomic E-state index is 0.0816. The summed E-state index contributed by atoms with van der Waals surface area (Å²) in [4.78, 5) is 14.3. The average Bonchev–Trinajstić information content (AvgIpc) is 2.84. The zero-order chi connectivity index (χ0) is 14.7. The Kier molecular flexibility index (Phi) is 5.05. The lowest BCUT2D eigenvalue weighted by atomic mass is 10.0. The second-order valence-electron chi connectivity index (χ2n) is 5.29. The van der Waals surface area contributed by atoms with Crippen LogP contribution in [-0.4, -0.2) is 37.6 Å². The van der Waals surface area contributed by atoms with Gasteiger partial charge in [-0.15, -0.1) is 0 Å². The van der Waals surface area contributed by atoms with Gasteiger partial charge in [0.15, 0.2) is 0 Å². The Bertz CT molecular complexity index is 493. The van der Waals surface area contributed by atoms with Crippen LogP contribution >= 0.6 is 15.9 Å². The van der Waals surface area contributed by atoms with E-state index in [1.165, 1.54) is 0 Å². The molecule has 1 aliphatic heterocycles. The average molecular weight is 341 g/mol. The van der Waals surface area contributed by atoms with Gasteiger partial charge < -0.3 is 15.0 Å². The van der Waals surface area contributed by atoms with Gasteiger partial charge in [-0.05, 0) is 38.1 Å². The lowest BCUT2D eigenvalue weighted by Gasteiger charge is -2.24. The molecule has 1 saturated heterocycles. The lowest BCUT2D eigenvalue weighted by Crippen LogP contribution is -2.37. The van der Waals surface area contributed by atoms with Gasteiger partial charge in [-0.2, -0.15) is 0 Å². The van der Waals surface area contributed by atoms with E-state index < -0.39 is 0 Å². The largest absolute Gasteiger partial charge is 0.496 e. The van der Waals surface area contributed by atoms with Crippen LogP contribution in [0.5, 0.6) is 5.75 Å². The molecular weight excluding hydrogens is 320 g/mol. The third-order valence-electron chi connectivity index (χ3n) is 3.87. The van der Waals surface area contributed by atoms with E-state index in [0.717, 1.165) is 28.8 Å². The summed E-state index contributed by atoms with van der Waals surface area (Å²) >= 11 is 3.46. The third kappa shape index (κ3) is 3.33. The summed E-state index contributed by atoms with van der Waals surface area (Å²) in [6, 6.07) is 6.11. The number of carbonyl (C=O) groups is 1. The molecule has 20 heavy (non-hydrogen) atoms. The van der Waals surface area contributed by atoms with E-state index in [0.29, 0.717) is 6.54 Å². The minimum atomic E-state index is 0.0816. The van der Waals surface area contributed by atoms with Crippen molar-refractivity contribution in [3.63, 3.8) is 0 Å². The van der Waals surface area contributed by atoms with Crippen molar-refractivity contribution >= 4 is 21.8 Å². The standard InChI is InChI=1S/C15H21BrN2O2/c1-10-13(6-7-17-10)15(19)18(2)9-11-8-12(16)4-5-14(11)20-3/h4-5,8,10,13,17H,6-7,9H2,1-3H3. The van der Waals surface area contributed by atoms with Gasteiger partial charge in [-0.3, -0.25) is 4.79 Å². The second kappa shape index (κ2) is 6.59. The van der Waals surface area contributed by atoms with Gasteiger partial charge in [0, 0.05) is 29.7 Å². The summed E-state index contributed by atoms with van der Waals surface area (Å²) < 4.78 is 6.35. The van der Waals surface area contributed by atoms with Gasteiger partial charge in [-0.1, -0.05) is 15.9 Å². The fourth-order valence-electron chi connectivity index (χ4n) is 2.68. The maximum atomic E-state index is 12.5. The Balaban J connectivity index is 2.09. The van der Waals surface area contributed by atoms with E-state index >= 15 is 0 Å². The zero-order valence-corrected chi connectivity index (χ0v) is 13.7. The van der Waals surface area contributed by atoms with Crippen molar-refractivity contribution in [1.82, 2.24) is 10.2 Å². The fraction of sp³-hybridized carbons (Fsp3) is 0.533. The molecule has 0 aromatic heterocycles. The van der Waals surface area contributed by atoms with Crippen molar-refractivity contribution in [2.24, 2.45) is 5.92 Å². The number of hydrogen-bond donors (Lipinski definition) is 1. The van der Waals surface area contributed by atoms with Gasteiger partial charge in [0.05, 0.1) is 13.0 Å². The van der Waals surface area contributed by atoms with Crippen molar-refractivity contribution in [2.75, 3.05) is 20.7 Å². The van der Waals surface area contributed by atoms with Crippen LogP contribution in [0.4, 0.5) is 0 Å². The monoisotopic (exact) mass is 340 g/mol. The summed E-state index contributed by atoms with van der Waals surface area (Å²) in [6.07, 6.45) is 0.917. The number of methoxy groups -OCH3 is 1. The van der Waals surface area contributed by atoms with E-state index in [-0.39, 0.29) is 17.9 Å². The first kappa shape index (κ1) is 15.3. The molecule has 1 fully saturated rings. The SMILES string of the molecule is COc1ccc(Br)cc1CN(C)C(=O)C1CCNC1C. The van der Waals surface area contributed by atoms with Crippen LogP contribution < -0.4 is 10.1 Å². The Hall–Kier alpha value is -1.07. The predicted octanol–water partition coefficient (Wildman–Crippen LogP) is 2.41. The summed E-state index contributed by atoms with van der Waals surface area (Å²) in [5.41, 5.74) is 1.01. The molecule has 110 valence electrons. The van der Waals surface area contributed by atoms with Gasteiger partial charge in [-0.25, -0.2) is 0 Å². The Morgan fingerprint density at radius 1 is 1.55 bits per heavy atom. The molecular formula is C15H21BrN2O2. The number of nitrogens with one attached hydrogen (secondary N) is 1. The number of amides is 1. The number of benzene rings is 1. The van der Waals surface area contributed by atoms with Crippen molar-refractivity contribution < 1.29 is 9.53 Å². The van der Waals surface area contributed by atoms with Crippen LogP contribution in [0.2, 0.25) is 0 Å². The number of halogens is 1. The van der Waals surface area contributed by atoms with E-state index in [9.17, 15) is 4.79 Å². The molecule has 4 nitrogen and oxygen atoms in total. The van der Waals surface area contributed by atoms with Crippen LogP contribution in [0.3, 0.4) is 0 Å². The molecule has 0 radical (unpaired) electrons. The first-order valence-corrected chi connectivity index (χ1v) is 7.63. The number of carbonyl (C=O) groups excluding carboxylic acids is 1. The van der Waals surface area contributed by atoms with Crippen molar-refractivity contribution in [3.05, 3.63) is 28.2 Å². The normalized spacial score (nSPS) is 21.8. The zero-order valence-electron chi connectivity index (χ0n) is 12.1. The number of rotatable bonds is 4. The maximum Gasteiger partial charge on any atom is 0.227 e. The highest BCUT2D eigenvalue weighted by Gasteiger charge is 2.31. The van der Waals surface area contributed by atoms with Crippen molar-refractivity contribution in [1.29, 1.82) is 0 Å².